The highest BCUT2D eigenvalue weighted by molar-refractivity contribution is 9.10. The molecule has 1 aliphatic rings. The fourth-order valence-corrected chi connectivity index (χ4v) is 2.78. The van der Waals surface area contributed by atoms with E-state index >= 15 is 0 Å². The summed E-state index contributed by atoms with van der Waals surface area (Å²) in [5, 5.41) is 14.3. The molecule has 1 saturated carbocycles. The van der Waals surface area contributed by atoms with Crippen LogP contribution in [0.3, 0.4) is 0 Å². The quantitative estimate of drug-likeness (QED) is 0.788. The van der Waals surface area contributed by atoms with Gasteiger partial charge < -0.3 is 15.7 Å². The Balaban J connectivity index is 2.07. The van der Waals surface area contributed by atoms with Gasteiger partial charge >= 0.3 is 12.0 Å². The molecule has 0 bridgehead atoms. The van der Waals surface area contributed by atoms with E-state index in [1.807, 2.05) is 0 Å². The van der Waals surface area contributed by atoms with Crippen LogP contribution in [0, 0.1) is 5.82 Å². The van der Waals surface area contributed by atoms with E-state index in [2.05, 4.69) is 26.6 Å². The molecule has 3 N–H and O–H groups in total. The number of carboxylic acids is 1. The predicted molar refractivity (Wildman–Crippen MR) is 75.1 cm³/mol. The molecule has 0 atom stereocenters. The van der Waals surface area contributed by atoms with Crippen molar-refractivity contribution < 1.29 is 19.1 Å². The largest absolute Gasteiger partial charge is 0.480 e. The number of halogens is 2. The molecule has 0 heterocycles. The Bertz CT molecular complexity index is 544. The van der Waals surface area contributed by atoms with Gasteiger partial charge in [-0.15, -0.1) is 0 Å². The summed E-state index contributed by atoms with van der Waals surface area (Å²) in [7, 11) is 0. The first-order valence-corrected chi connectivity index (χ1v) is 7.00. The van der Waals surface area contributed by atoms with E-state index in [-0.39, 0.29) is 0 Å². The van der Waals surface area contributed by atoms with Gasteiger partial charge in [0.05, 0.1) is 5.69 Å². The minimum absolute atomic E-state index is 0.377. The summed E-state index contributed by atoms with van der Waals surface area (Å²) in [6.07, 6.45) is 2.38. The average Bonchev–Trinajstić information content (AvgIpc) is 2.82. The lowest BCUT2D eigenvalue weighted by Crippen LogP contribution is -2.53. The molecule has 0 saturated heterocycles. The summed E-state index contributed by atoms with van der Waals surface area (Å²) in [6.45, 7) is 0. The molecule has 1 aromatic carbocycles. The summed E-state index contributed by atoms with van der Waals surface area (Å²) in [5.41, 5.74) is -0.821. The van der Waals surface area contributed by atoms with Gasteiger partial charge in [0.1, 0.15) is 11.4 Å². The van der Waals surface area contributed by atoms with Crippen molar-refractivity contribution >= 4 is 33.6 Å². The van der Waals surface area contributed by atoms with Crippen molar-refractivity contribution in [3.05, 3.63) is 28.5 Å². The molecule has 0 spiro atoms. The smallest absolute Gasteiger partial charge is 0.329 e. The van der Waals surface area contributed by atoms with Crippen molar-refractivity contribution in [2.75, 3.05) is 5.32 Å². The van der Waals surface area contributed by atoms with Crippen LogP contribution in [-0.2, 0) is 4.79 Å². The fraction of sp³-hybridized carbons (Fsp3) is 0.385. The van der Waals surface area contributed by atoms with E-state index < -0.39 is 23.4 Å². The highest BCUT2D eigenvalue weighted by Gasteiger charge is 2.42. The predicted octanol–water partition coefficient (Wildman–Crippen LogP) is 3.11. The molecule has 108 valence electrons. The van der Waals surface area contributed by atoms with Gasteiger partial charge in [-0.05, 0) is 47.0 Å². The van der Waals surface area contributed by atoms with Crippen LogP contribution < -0.4 is 10.6 Å². The highest BCUT2D eigenvalue weighted by Crippen LogP contribution is 2.30. The lowest BCUT2D eigenvalue weighted by molar-refractivity contribution is -0.144. The van der Waals surface area contributed by atoms with Crippen LogP contribution >= 0.6 is 15.9 Å². The maximum atomic E-state index is 12.9. The van der Waals surface area contributed by atoms with Gasteiger partial charge in [-0.1, -0.05) is 12.8 Å². The number of anilines is 1. The molecule has 0 radical (unpaired) electrons. The number of carbonyl (C=O) groups excluding carboxylic acids is 1. The molecule has 2 amide bonds. The average molecular weight is 345 g/mol. The van der Waals surface area contributed by atoms with E-state index in [0.29, 0.717) is 23.0 Å². The molecule has 7 heteroatoms. The summed E-state index contributed by atoms with van der Waals surface area (Å²) >= 11 is 3.13. The van der Waals surface area contributed by atoms with Crippen LogP contribution in [0.5, 0.6) is 0 Å². The van der Waals surface area contributed by atoms with Gasteiger partial charge in [0.25, 0.3) is 0 Å². The highest BCUT2D eigenvalue weighted by atomic mass is 79.9. The Labute approximate surface area is 123 Å². The summed E-state index contributed by atoms with van der Waals surface area (Å²) in [5.74, 6) is -1.45. The number of hydrogen-bond acceptors (Lipinski definition) is 2. The number of benzene rings is 1. The fourth-order valence-electron chi connectivity index (χ4n) is 2.33. The van der Waals surface area contributed by atoms with Crippen LogP contribution in [0.4, 0.5) is 14.9 Å². The van der Waals surface area contributed by atoms with E-state index in [1.54, 1.807) is 0 Å². The second-order valence-electron chi connectivity index (χ2n) is 4.80. The third-order valence-electron chi connectivity index (χ3n) is 3.40. The molecule has 5 nitrogen and oxygen atoms in total. The van der Waals surface area contributed by atoms with Gasteiger partial charge in [-0.2, -0.15) is 0 Å². The standard InChI is InChI=1S/C13H14BrFN2O3/c14-9-7-8(15)3-4-10(9)16-12(20)17-13(11(18)19)5-1-2-6-13/h3-4,7H,1-2,5-6H2,(H,18,19)(H2,16,17,20). The van der Waals surface area contributed by atoms with Crippen molar-refractivity contribution in [3.8, 4) is 0 Å². The van der Waals surface area contributed by atoms with E-state index in [9.17, 15) is 19.1 Å². The minimum Gasteiger partial charge on any atom is -0.480 e. The lowest BCUT2D eigenvalue weighted by Gasteiger charge is -2.25. The number of nitrogens with one attached hydrogen (secondary N) is 2. The van der Waals surface area contributed by atoms with Crippen molar-refractivity contribution in [2.24, 2.45) is 0 Å². The Morgan fingerprint density at radius 1 is 1.30 bits per heavy atom. The zero-order valence-electron chi connectivity index (χ0n) is 10.6. The maximum absolute atomic E-state index is 12.9. The van der Waals surface area contributed by atoms with Crippen molar-refractivity contribution in [3.63, 3.8) is 0 Å². The zero-order chi connectivity index (χ0) is 14.8. The van der Waals surface area contributed by atoms with Crippen LogP contribution in [0.15, 0.2) is 22.7 Å². The minimum atomic E-state index is -1.20. The van der Waals surface area contributed by atoms with Crippen LogP contribution in [0.25, 0.3) is 0 Å². The summed E-state index contributed by atoms with van der Waals surface area (Å²) in [6, 6.07) is 3.23. The Morgan fingerprint density at radius 3 is 2.50 bits per heavy atom. The molecular weight excluding hydrogens is 331 g/mol. The molecule has 20 heavy (non-hydrogen) atoms. The Hall–Kier alpha value is -1.63. The van der Waals surface area contributed by atoms with Crippen LogP contribution in [0.2, 0.25) is 0 Å². The molecule has 0 unspecified atom stereocenters. The number of carbonyl (C=O) groups is 2. The van der Waals surface area contributed by atoms with Gasteiger partial charge in [-0.3, -0.25) is 0 Å². The van der Waals surface area contributed by atoms with Crippen LogP contribution in [-0.4, -0.2) is 22.6 Å². The molecule has 2 rings (SSSR count). The van der Waals surface area contributed by atoms with Gasteiger partial charge in [0.15, 0.2) is 0 Å². The van der Waals surface area contributed by atoms with E-state index in [1.165, 1.54) is 18.2 Å². The number of urea groups is 1. The maximum Gasteiger partial charge on any atom is 0.329 e. The first kappa shape index (κ1) is 14.8. The zero-order valence-corrected chi connectivity index (χ0v) is 12.2. The molecule has 0 aliphatic heterocycles. The number of amides is 2. The SMILES string of the molecule is O=C(Nc1ccc(F)cc1Br)NC1(C(=O)O)CCCC1. The third kappa shape index (κ3) is 3.09. The number of aliphatic carboxylic acids is 1. The third-order valence-corrected chi connectivity index (χ3v) is 4.05. The van der Waals surface area contributed by atoms with Crippen molar-refractivity contribution in [2.45, 2.75) is 31.2 Å². The summed E-state index contributed by atoms with van der Waals surface area (Å²) in [4.78, 5) is 23.2. The second-order valence-corrected chi connectivity index (χ2v) is 5.65. The first-order chi connectivity index (χ1) is 9.43. The first-order valence-electron chi connectivity index (χ1n) is 6.20. The molecule has 1 fully saturated rings. The summed E-state index contributed by atoms with van der Waals surface area (Å²) < 4.78 is 13.3. The molecule has 1 aromatic rings. The lowest BCUT2D eigenvalue weighted by atomic mass is 9.98. The number of hydrogen-bond donors (Lipinski definition) is 3. The van der Waals surface area contributed by atoms with Crippen molar-refractivity contribution in [1.29, 1.82) is 0 Å². The molecule has 1 aliphatic carbocycles. The monoisotopic (exact) mass is 344 g/mol. The van der Waals surface area contributed by atoms with Gasteiger partial charge in [0, 0.05) is 4.47 Å². The number of rotatable bonds is 3. The van der Waals surface area contributed by atoms with Gasteiger partial charge in [0.2, 0.25) is 0 Å². The van der Waals surface area contributed by atoms with E-state index in [0.717, 1.165) is 12.8 Å². The van der Waals surface area contributed by atoms with Gasteiger partial charge in [-0.25, -0.2) is 14.0 Å². The van der Waals surface area contributed by atoms with Crippen molar-refractivity contribution in [1.82, 2.24) is 5.32 Å². The topological polar surface area (TPSA) is 78.4 Å². The Morgan fingerprint density at radius 2 is 1.95 bits per heavy atom. The molecular formula is C13H14BrFN2O3. The second kappa shape index (κ2) is 5.78. The normalized spacial score (nSPS) is 16.7. The van der Waals surface area contributed by atoms with Crippen LogP contribution in [0.1, 0.15) is 25.7 Å². The molecule has 0 aromatic heterocycles. The Kier molecular flexibility index (Phi) is 4.27. The number of carboxylic acid groups (broad SMARTS) is 1. The van der Waals surface area contributed by atoms with E-state index in [4.69, 9.17) is 0 Å².